The first-order chi connectivity index (χ1) is 13.2. The number of benzene rings is 1. The molecular weight excluding hydrogens is 366 g/mol. The fourth-order valence-corrected chi connectivity index (χ4v) is 3.44. The van der Waals surface area contributed by atoms with Crippen LogP contribution in [0.2, 0.25) is 0 Å². The van der Waals surface area contributed by atoms with Crippen LogP contribution in [-0.4, -0.2) is 61.3 Å². The molecule has 0 aromatic heterocycles. The third-order valence-electron chi connectivity index (χ3n) is 4.55. The molecule has 1 saturated heterocycles. The van der Waals surface area contributed by atoms with Gasteiger partial charge in [0.25, 0.3) is 0 Å². The number of likely N-dealkylation sites (tertiary alicyclic amines) is 1. The van der Waals surface area contributed by atoms with Crippen LogP contribution in [0.15, 0.2) is 24.3 Å². The summed E-state index contributed by atoms with van der Waals surface area (Å²) in [6, 6.07) is 7.64. The maximum atomic E-state index is 11.8. The van der Waals surface area contributed by atoms with Crippen LogP contribution >= 0.6 is 0 Å². The van der Waals surface area contributed by atoms with Gasteiger partial charge in [-0.2, -0.15) is 0 Å². The predicted molar refractivity (Wildman–Crippen MR) is 99.6 cm³/mol. The number of nitrogens with zero attached hydrogens (tertiary/aromatic N) is 1. The number of hydrogen-bond acceptors (Lipinski definition) is 8. The van der Waals surface area contributed by atoms with Crippen LogP contribution in [0.1, 0.15) is 32.8 Å². The molecule has 0 amide bonds. The maximum absolute atomic E-state index is 11.8. The summed E-state index contributed by atoms with van der Waals surface area (Å²) in [5.41, 5.74) is -0.0274. The Balaban J connectivity index is 2.19. The quantitative estimate of drug-likeness (QED) is 0.487. The average molecular weight is 393 g/mol. The molecule has 8 nitrogen and oxygen atoms in total. The molecule has 1 aliphatic heterocycles. The minimum Gasteiger partial charge on any atom is -0.497 e. The molecule has 1 aromatic rings. The molecule has 1 aliphatic rings. The van der Waals surface area contributed by atoms with Gasteiger partial charge in [0.2, 0.25) is 0 Å². The molecule has 154 valence electrons. The zero-order chi connectivity index (χ0) is 20.7. The Hall–Kier alpha value is -2.61. The summed E-state index contributed by atoms with van der Waals surface area (Å²) < 4.78 is 21.3. The van der Waals surface area contributed by atoms with E-state index in [-0.39, 0.29) is 13.0 Å². The van der Waals surface area contributed by atoms with E-state index in [1.807, 2.05) is 29.2 Å². The van der Waals surface area contributed by atoms with Gasteiger partial charge in [-0.05, 0) is 17.7 Å². The van der Waals surface area contributed by atoms with Crippen molar-refractivity contribution in [3.63, 3.8) is 0 Å². The highest BCUT2D eigenvalue weighted by atomic mass is 16.6. The van der Waals surface area contributed by atoms with Gasteiger partial charge < -0.3 is 18.9 Å². The van der Waals surface area contributed by atoms with Gasteiger partial charge in [-0.3, -0.25) is 19.3 Å². The Bertz CT molecular complexity index is 703. The molecule has 0 saturated carbocycles. The molecule has 1 heterocycles. The topological polar surface area (TPSA) is 91.4 Å². The fraction of sp³-hybridized carbons (Fsp3) is 0.550. The summed E-state index contributed by atoms with van der Waals surface area (Å²) in [5, 5.41) is 0. The number of rotatable bonds is 8. The van der Waals surface area contributed by atoms with Gasteiger partial charge in [-0.25, -0.2) is 0 Å². The number of methoxy groups -OCH3 is 1. The van der Waals surface area contributed by atoms with Crippen molar-refractivity contribution in [2.24, 2.45) is 0 Å². The highest BCUT2D eigenvalue weighted by Gasteiger charge is 2.51. The zero-order valence-electron chi connectivity index (χ0n) is 16.7. The van der Waals surface area contributed by atoms with E-state index in [2.05, 4.69) is 0 Å². The third-order valence-corrected chi connectivity index (χ3v) is 4.55. The second-order valence-corrected chi connectivity index (χ2v) is 6.86. The van der Waals surface area contributed by atoms with Crippen molar-refractivity contribution in [3.8, 4) is 5.75 Å². The highest BCUT2D eigenvalue weighted by Crippen LogP contribution is 2.33. The highest BCUT2D eigenvalue weighted by molar-refractivity contribution is 5.68. The second-order valence-electron chi connectivity index (χ2n) is 6.86. The number of carbonyl (C=O) groups is 3. The summed E-state index contributed by atoms with van der Waals surface area (Å²) in [4.78, 5) is 36.5. The van der Waals surface area contributed by atoms with Gasteiger partial charge >= 0.3 is 17.9 Å². The van der Waals surface area contributed by atoms with Gasteiger partial charge in [0.1, 0.15) is 5.75 Å². The van der Waals surface area contributed by atoms with Crippen LogP contribution in [0.5, 0.6) is 5.75 Å². The smallest absolute Gasteiger partial charge is 0.303 e. The Labute approximate surface area is 164 Å². The van der Waals surface area contributed by atoms with Gasteiger partial charge in [-0.1, -0.05) is 12.1 Å². The number of hydrogen-bond donors (Lipinski definition) is 0. The van der Waals surface area contributed by atoms with Gasteiger partial charge in [0, 0.05) is 46.8 Å². The van der Waals surface area contributed by atoms with E-state index in [9.17, 15) is 14.4 Å². The van der Waals surface area contributed by atoms with Crippen LogP contribution in [0, 0.1) is 0 Å². The van der Waals surface area contributed by atoms with Crippen molar-refractivity contribution in [2.75, 3.05) is 26.8 Å². The van der Waals surface area contributed by atoms with E-state index in [0.29, 0.717) is 19.6 Å². The van der Waals surface area contributed by atoms with Gasteiger partial charge in [0.15, 0.2) is 11.7 Å². The first-order valence-electron chi connectivity index (χ1n) is 9.09. The van der Waals surface area contributed by atoms with Crippen LogP contribution in [0.4, 0.5) is 0 Å². The fourth-order valence-electron chi connectivity index (χ4n) is 3.44. The van der Waals surface area contributed by atoms with E-state index in [1.54, 1.807) is 7.11 Å². The molecule has 2 atom stereocenters. The van der Waals surface area contributed by atoms with Crippen molar-refractivity contribution in [3.05, 3.63) is 29.8 Å². The van der Waals surface area contributed by atoms with Crippen molar-refractivity contribution >= 4 is 17.9 Å². The average Bonchev–Trinajstić information content (AvgIpc) is 2.90. The Kier molecular flexibility index (Phi) is 7.39. The molecule has 2 rings (SSSR count). The summed E-state index contributed by atoms with van der Waals surface area (Å²) in [6.07, 6.45) is -0.411. The van der Waals surface area contributed by atoms with Gasteiger partial charge in [-0.15, -0.1) is 0 Å². The minimum atomic E-state index is -1.07. The summed E-state index contributed by atoms with van der Waals surface area (Å²) in [6.45, 7) is 5.35. The Morgan fingerprint density at radius 3 is 2.29 bits per heavy atom. The Morgan fingerprint density at radius 1 is 1.07 bits per heavy atom. The monoisotopic (exact) mass is 393 g/mol. The van der Waals surface area contributed by atoms with E-state index < -0.39 is 29.6 Å². The van der Waals surface area contributed by atoms with Crippen LogP contribution in [0.25, 0.3) is 0 Å². The molecule has 0 unspecified atom stereocenters. The standard InChI is InChI=1S/C20H27NO7/c1-14(22)26-10-9-20(28-16(3)24)13-21(12-19(20)27-15(2)23)11-17-5-7-18(25-4)8-6-17/h5-8,19H,9-13H2,1-4H3/t19-,20-/m1/s1. The molecule has 0 aliphatic carbocycles. The summed E-state index contributed by atoms with van der Waals surface area (Å²) >= 11 is 0. The normalized spacial score (nSPS) is 21.8. The van der Waals surface area contributed by atoms with Crippen molar-refractivity contribution in [1.29, 1.82) is 0 Å². The van der Waals surface area contributed by atoms with Gasteiger partial charge in [0.05, 0.1) is 13.7 Å². The van der Waals surface area contributed by atoms with E-state index in [4.69, 9.17) is 18.9 Å². The lowest BCUT2D eigenvalue weighted by Crippen LogP contribution is -2.48. The SMILES string of the molecule is COc1ccc(CN2C[C@@H](OC(C)=O)[C@](CCOC(C)=O)(OC(C)=O)C2)cc1. The van der Waals surface area contributed by atoms with Crippen LogP contribution < -0.4 is 4.74 Å². The minimum absolute atomic E-state index is 0.0662. The molecule has 8 heteroatoms. The lowest BCUT2D eigenvalue weighted by atomic mass is 9.95. The molecule has 0 radical (unpaired) electrons. The number of ether oxygens (including phenoxy) is 4. The first kappa shape index (κ1) is 21.7. The number of esters is 3. The second kappa shape index (κ2) is 9.54. The largest absolute Gasteiger partial charge is 0.497 e. The lowest BCUT2D eigenvalue weighted by Gasteiger charge is -2.33. The van der Waals surface area contributed by atoms with Crippen LogP contribution in [0.3, 0.4) is 0 Å². The molecule has 0 spiro atoms. The first-order valence-corrected chi connectivity index (χ1v) is 9.09. The maximum Gasteiger partial charge on any atom is 0.303 e. The molecule has 0 N–H and O–H groups in total. The molecule has 28 heavy (non-hydrogen) atoms. The third kappa shape index (κ3) is 5.95. The van der Waals surface area contributed by atoms with Crippen molar-refractivity contribution in [1.82, 2.24) is 4.90 Å². The van der Waals surface area contributed by atoms with E-state index in [1.165, 1.54) is 20.8 Å². The van der Waals surface area contributed by atoms with Crippen molar-refractivity contribution in [2.45, 2.75) is 45.4 Å². The van der Waals surface area contributed by atoms with Crippen LogP contribution in [-0.2, 0) is 35.1 Å². The van der Waals surface area contributed by atoms with E-state index in [0.717, 1.165) is 11.3 Å². The molecule has 1 fully saturated rings. The number of carbonyl (C=O) groups excluding carboxylic acids is 3. The zero-order valence-corrected chi connectivity index (χ0v) is 16.7. The molecule has 1 aromatic carbocycles. The molecular formula is C20H27NO7. The molecule has 0 bridgehead atoms. The predicted octanol–water partition coefficient (Wildman–Crippen LogP) is 1.70. The summed E-state index contributed by atoms with van der Waals surface area (Å²) in [7, 11) is 1.61. The Morgan fingerprint density at radius 2 is 1.75 bits per heavy atom. The lowest BCUT2D eigenvalue weighted by molar-refractivity contribution is -0.179. The van der Waals surface area contributed by atoms with E-state index >= 15 is 0 Å². The van der Waals surface area contributed by atoms with Crippen molar-refractivity contribution < 1.29 is 33.3 Å². The summed E-state index contributed by atoms with van der Waals surface area (Å²) in [5.74, 6) is -0.597.